The number of carbonyl (C=O) groups is 1. The summed E-state index contributed by atoms with van der Waals surface area (Å²) < 4.78 is 11.1. The molecule has 2 unspecified atom stereocenters. The fraction of sp³-hybridized carbons (Fsp3) is 0.889. The minimum atomic E-state index is -0.697. The van der Waals surface area contributed by atoms with Gasteiger partial charge in [-0.2, -0.15) is 0 Å². The van der Waals surface area contributed by atoms with E-state index < -0.39 is 10.8 Å². The summed E-state index contributed by atoms with van der Waals surface area (Å²) in [5.41, 5.74) is 0. The first-order valence-corrected chi connectivity index (χ1v) is 6.58. The zero-order valence-corrected chi connectivity index (χ0v) is 8.94. The Morgan fingerprint density at radius 3 is 2.79 bits per heavy atom. The summed E-state index contributed by atoms with van der Waals surface area (Å²) in [6.45, 7) is 1.92. The van der Waals surface area contributed by atoms with E-state index in [0.29, 0.717) is 18.1 Å². The maximum Gasteiger partial charge on any atom is 0.220 e. The largest absolute Gasteiger partial charge is 0.352 e. The second-order valence-electron chi connectivity index (χ2n) is 4.09. The quantitative estimate of drug-likeness (QED) is 0.651. The van der Waals surface area contributed by atoms with Gasteiger partial charge in [0.25, 0.3) is 0 Å². The minimum Gasteiger partial charge on any atom is -0.352 e. The Labute approximate surface area is 86.3 Å². The van der Waals surface area contributed by atoms with E-state index in [-0.39, 0.29) is 11.9 Å². The molecule has 0 saturated carbocycles. The minimum absolute atomic E-state index is 0.125. The third kappa shape index (κ3) is 2.54. The second-order valence-corrected chi connectivity index (χ2v) is 5.71. The van der Waals surface area contributed by atoms with E-state index in [1.54, 1.807) is 0 Å². The lowest BCUT2D eigenvalue weighted by Gasteiger charge is -2.26. The third-order valence-electron chi connectivity index (χ3n) is 2.79. The van der Waals surface area contributed by atoms with Gasteiger partial charge < -0.3 is 10.6 Å². The zero-order chi connectivity index (χ0) is 9.97. The number of hydrogen-bond acceptors (Lipinski definition) is 3. The zero-order valence-electron chi connectivity index (χ0n) is 8.12. The van der Waals surface area contributed by atoms with Crippen molar-refractivity contribution in [2.45, 2.75) is 18.9 Å². The Morgan fingerprint density at radius 2 is 2.29 bits per heavy atom. The molecule has 2 fully saturated rings. The average Bonchev–Trinajstić information content (AvgIpc) is 2.44. The van der Waals surface area contributed by atoms with Crippen LogP contribution in [0.25, 0.3) is 0 Å². The molecule has 2 N–H and O–H groups in total. The van der Waals surface area contributed by atoms with Crippen LogP contribution in [0.5, 0.6) is 0 Å². The number of rotatable bonds is 3. The van der Waals surface area contributed by atoms with Crippen LogP contribution in [0.3, 0.4) is 0 Å². The van der Waals surface area contributed by atoms with E-state index in [1.165, 1.54) is 0 Å². The molecule has 0 aromatic heterocycles. The van der Waals surface area contributed by atoms with Gasteiger partial charge in [-0.05, 0) is 25.4 Å². The maximum atomic E-state index is 11.5. The van der Waals surface area contributed by atoms with Gasteiger partial charge in [0, 0.05) is 34.8 Å². The number of amides is 1. The van der Waals surface area contributed by atoms with Crippen molar-refractivity contribution >= 4 is 16.7 Å². The predicted molar refractivity (Wildman–Crippen MR) is 55.4 cm³/mol. The van der Waals surface area contributed by atoms with Crippen molar-refractivity contribution in [3.8, 4) is 0 Å². The molecule has 2 atom stereocenters. The first-order chi connectivity index (χ1) is 6.74. The van der Waals surface area contributed by atoms with Crippen molar-refractivity contribution in [3.63, 3.8) is 0 Å². The van der Waals surface area contributed by atoms with Gasteiger partial charge in [-0.15, -0.1) is 0 Å². The van der Waals surface area contributed by atoms with Crippen LogP contribution in [0.1, 0.15) is 12.8 Å². The Morgan fingerprint density at radius 1 is 1.50 bits per heavy atom. The number of hydrogen-bond donors (Lipinski definition) is 2. The molecule has 0 radical (unpaired) electrons. The molecule has 4 nitrogen and oxygen atoms in total. The molecule has 80 valence electrons. The Kier molecular flexibility index (Phi) is 3.18. The van der Waals surface area contributed by atoms with Gasteiger partial charge in [-0.1, -0.05) is 0 Å². The van der Waals surface area contributed by atoms with Crippen LogP contribution >= 0.6 is 0 Å². The van der Waals surface area contributed by atoms with Crippen molar-refractivity contribution in [2.75, 3.05) is 24.6 Å². The Bertz CT molecular complexity index is 253. The van der Waals surface area contributed by atoms with Crippen molar-refractivity contribution in [3.05, 3.63) is 0 Å². The topological polar surface area (TPSA) is 58.2 Å². The molecule has 0 bridgehead atoms. The first-order valence-electron chi connectivity index (χ1n) is 5.09. The van der Waals surface area contributed by atoms with Crippen LogP contribution in [0.15, 0.2) is 0 Å². The van der Waals surface area contributed by atoms with E-state index in [2.05, 4.69) is 10.6 Å². The van der Waals surface area contributed by atoms with Gasteiger partial charge in [0.2, 0.25) is 5.91 Å². The molecular formula is C9H16N2O2S. The van der Waals surface area contributed by atoms with E-state index in [9.17, 15) is 9.00 Å². The van der Waals surface area contributed by atoms with Crippen molar-refractivity contribution in [2.24, 2.45) is 5.92 Å². The highest BCUT2D eigenvalue weighted by Gasteiger charge is 2.25. The predicted octanol–water partition coefficient (Wildman–Crippen LogP) is -0.767. The lowest BCUT2D eigenvalue weighted by atomic mass is 9.99. The van der Waals surface area contributed by atoms with Gasteiger partial charge in [0.05, 0.1) is 0 Å². The monoisotopic (exact) mass is 216 g/mol. The van der Waals surface area contributed by atoms with Gasteiger partial charge in [-0.25, -0.2) is 0 Å². The summed E-state index contributed by atoms with van der Waals surface area (Å²) >= 11 is 0. The SMILES string of the molecule is O=C(CC1CNC1)NC1CCS(=O)C1. The molecule has 14 heavy (non-hydrogen) atoms. The fourth-order valence-electron chi connectivity index (χ4n) is 1.82. The smallest absolute Gasteiger partial charge is 0.220 e. The van der Waals surface area contributed by atoms with E-state index in [0.717, 1.165) is 25.3 Å². The highest BCUT2D eigenvalue weighted by atomic mass is 32.2. The molecule has 0 spiro atoms. The van der Waals surface area contributed by atoms with E-state index in [4.69, 9.17) is 0 Å². The van der Waals surface area contributed by atoms with Crippen LogP contribution < -0.4 is 10.6 Å². The molecule has 2 rings (SSSR count). The molecule has 1 amide bonds. The molecule has 0 aliphatic carbocycles. The standard InChI is InChI=1S/C9H16N2O2S/c12-9(3-7-4-10-5-7)11-8-1-2-14(13)6-8/h7-8,10H,1-6H2,(H,11,12). The molecule has 2 aliphatic heterocycles. The molecule has 0 aromatic carbocycles. The molecule has 2 heterocycles. The molecule has 5 heteroatoms. The van der Waals surface area contributed by atoms with E-state index >= 15 is 0 Å². The third-order valence-corrected chi connectivity index (χ3v) is 4.25. The Hall–Kier alpha value is -0.420. The lowest BCUT2D eigenvalue weighted by molar-refractivity contribution is -0.122. The van der Waals surface area contributed by atoms with Gasteiger partial charge in [0.1, 0.15) is 0 Å². The van der Waals surface area contributed by atoms with E-state index in [1.807, 2.05) is 0 Å². The summed E-state index contributed by atoms with van der Waals surface area (Å²) in [5, 5.41) is 6.09. The van der Waals surface area contributed by atoms with Crippen molar-refractivity contribution in [1.82, 2.24) is 10.6 Å². The second kappa shape index (κ2) is 4.40. The van der Waals surface area contributed by atoms with Crippen LogP contribution in [0.2, 0.25) is 0 Å². The normalized spacial score (nSPS) is 32.6. The van der Waals surface area contributed by atoms with Crippen LogP contribution in [-0.2, 0) is 15.6 Å². The molecule has 0 aromatic rings. The highest BCUT2D eigenvalue weighted by molar-refractivity contribution is 7.85. The van der Waals surface area contributed by atoms with Crippen molar-refractivity contribution < 1.29 is 9.00 Å². The molecule has 2 aliphatic rings. The average molecular weight is 216 g/mol. The summed E-state index contributed by atoms with van der Waals surface area (Å²) in [5.74, 6) is 2.03. The fourth-order valence-corrected chi connectivity index (χ4v) is 3.23. The van der Waals surface area contributed by atoms with Gasteiger partial charge >= 0.3 is 0 Å². The summed E-state index contributed by atoms with van der Waals surface area (Å²) in [6.07, 6.45) is 1.50. The van der Waals surface area contributed by atoms with Crippen LogP contribution in [-0.4, -0.2) is 40.8 Å². The molecule has 2 saturated heterocycles. The van der Waals surface area contributed by atoms with Gasteiger partial charge in [0.15, 0.2) is 0 Å². The number of nitrogens with one attached hydrogen (secondary N) is 2. The van der Waals surface area contributed by atoms with Crippen molar-refractivity contribution in [1.29, 1.82) is 0 Å². The maximum absolute atomic E-state index is 11.5. The van der Waals surface area contributed by atoms with Crippen LogP contribution in [0, 0.1) is 5.92 Å². The lowest BCUT2D eigenvalue weighted by Crippen LogP contribution is -2.46. The molecular weight excluding hydrogens is 200 g/mol. The first kappa shape index (κ1) is 10.1. The van der Waals surface area contributed by atoms with Crippen LogP contribution in [0.4, 0.5) is 0 Å². The van der Waals surface area contributed by atoms with Gasteiger partial charge in [-0.3, -0.25) is 9.00 Å². The summed E-state index contributed by atoms with van der Waals surface area (Å²) in [6, 6.07) is 0.163. The highest BCUT2D eigenvalue weighted by Crippen LogP contribution is 2.11. The number of carbonyl (C=O) groups excluding carboxylic acids is 1. The summed E-state index contributed by atoms with van der Waals surface area (Å²) in [7, 11) is -0.697. The summed E-state index contributed by atoms with van der Waals surface area (Å²) in [4.78, 5) is 11.5. The Balaban J connectivity index is 1.68.